The van der Waals surface area contributed by atoms with E-state index in [-0.39, 0.29) is 22.7 Å². The minimum absolute atomic E-state index is 0.0285. The van der Waals surface area contributed by atoms with Crippen molar-refractivity contribution in [3.63, 3.8) is 0 Å². The lowest BCUT2D eigenvalue weighted by atomic mass is 9.46. The highest BCUT2D eigenvalue weighted by Crippen LogP contribution is 2.66. The number of para-hydroxylation sites is 1. The number of carbonyl (C=O) groups is 1. The zero-order chi connectivity index (χ0) is 24.7. The lowest BCUT2D eigenvalue weighted by molar-refractivity contribution is -0.140. The van der Waals surface area contributed by atoms with E-state index in [9.17, 15) is 9.90 Å². The molecule has 0 saturated heterocycles. The van der Waals surface area contributed by atoms with Gasteiger partial charge in [-0.25, -0.2) is 4.98 Å². The Bertz CT molecular complexity index is 1340. The minimum atomic E-state index is -0.392. The van der Waals surface area contributed by atoms with E-state index in [4.69, 9.17) is 9.51 Å². The van der Waals surface area contributed by atoms with Crippen molar-refractivity contribution in [2.24, 2.45) is 34.5 Å². The molecule has 0 aliphatic heterocycles. The smallest absolute Gasteiger partial charge is 0.162 e. The molecule has 7 rings (SSSR count). The van der Waals surface area contributed by atoms with Gasteiger partial charge < -0.3 is 9.63 Å². The van der Waals surface area contributed by atoms with Gasteiger partial charge in [-0.3, -0.25) is 4.79 Å². The molecule has 4 aliphatic rings. The summed E-state index contributed by atoms with van der Waals surface area (Å²) in [5.41, 5.74) is 3.39. The fraction of sp³-hybridized carbons (Fsp3) is 0.552. The molecule has 0 bridgehead atoms. The Balaban J connectivity index is 1.11. The van der Waals surface area contributed by atoms with Crippen LogP contribution >= 0.6 is 23.1 Å². The van der Waals surface area contributed by atoms with Gasteiger partial charge in [0.1, 0.15) is 5.78 Å². The highest BCUT2D eigenvalue weighted by molar-refractivity contribution is 8.01. The highest BCUT2D eigenvalue weighted by atomic mass is 32.2. The third kappa shape index (κ3) is 3.35. The Labute approximate surface area is 219 Å². The van der Waals surface area contributed by atoms with Crippen LogP contribution in [-0.4, -0.2) is 32.9 Å². The summed E-state index contributed by atoms with van der Waals surface area (Å²) < 4.78 is 7.62. The van der Waals surface area contributed by atoms with E-state index in [1.807, 2.05) is 24.4 Å². The molecule has 36 heavy (non-hydrogen) atoms. The first-order valence-electron chi connectivity index (χ1n) is 13.2. The van der Waals surface area contributed by atoms with Gasteiger partial charge in [0, 0.05) is 11.5 Å². The van der Waals surface area contributed by atoms with Gasteiger partial charge >= 0.3 is 0 Å². The average molecular weight is 521 g/mol. The van der Waals surface area contributed by atoms with Gasteiger partial charge in [-0.2, -0.15) is 0 Å². The summed E-state index contributed by atoms with van der Waals surface area (Å²) in [7, 11) is 0. The molecule has 5 nitrogen and oxygen atoms in total. The maximum absolute atomic E-state index is 13.6. The number of aliphatic hydroxyl groups excluding tert-OH is 1. The van der Waals surface area contributed by atoms with E-state index in [0.717, 1.165) is 59.7 Å². The molecule has 1 aromatic carbocycles. The summed E-state index contributed by atoms with van der Waals surface area (Å²) in [5.74, 6) is 2.91. The summed E-state index contributed by atoms with van der Waals surface area (Å²) >= 11 is 3.25. The molecule has 3 aromatic rings. The first-order chi connectivity index (χ1) is 17.4. The molecule has 0 spiro atoms. The van der Waals surface area contributed by atoms with Crippen LogP contribution < -0.4 is 0 Å². The Morgan fingerprint density at radius 1 is 1.25 bits per heavy atom. The topological polar surface area (TPSA) is 76.2 Å². The van der Waals surface area contributed by atoms with Crippen LogP contribution in [0.2, 0.25) is 0 Å². The monoisotopic (exact) mass is 520 g/mol. The lowest BCUT2D eigenvalue weighted by Crippen LogP contribution is -2.57. The standard InChI is InChI=1S/C29H32N2O3S2/c1-28-12-16-14-30-34-24(16)11-17(28)7-8-18-19-9-10-20(29(19,2)13-22(32)26(18)28)23(33)15-35-27-31-21-5-3-4-6-25(21)36-27/h3-6,11,14,18-20,22,26,32H,7-10,12-13,15H2,1-2H3. The predicted molar refractivity (Wildman–Crippen MR) is 143 cm³/mol. The summed E-state index contributed by atoms with van der Waals surface area (Å²) in [6.07, 6.45) is 9.45. The van der Waals surface area contributed by atoms with E-state index in [1.54, 1.807) is 23.1 Å². The minimum Gasteiger partial charge on any atom is -0.393 e. The molecule has 2 aromatic heterocycles. The third-order valence-corrected chi connectivity index (χ3v) is 12.4. The number of rotatable bonds is 4. The van der Waals surface area contributed by atoms with Gasteiger partial charge in [0.25, 0.3) is 0 Å². The largest absolute Gasteiger partial charge is 0.393 e. The molecular formula is C29H32N2O3S2. The number of allylic oxidation sites excluding steroid dienone is 1. The second-order valence-electron chi connectivity index (χ2n) is 11.9. The fourth-order valence-electron chi connectivity index (χ4n) is 8.69. The van der Waals surface area contributed by atoms with Crippen molar-refractivity contribution in [1.29, 1.82) is 0 Å². The molecule has 0 amide bonds. The third-order valence-electron chi connectivity index (χ3n) is 10.2. The molecule has 1 N–H and O–H groups in total. The summed E-state index contributed by atoms with van der Waals surface area (Å²) in [6, 6.07) is 8.15. The molecule has 7 unspecified atom stereocenters. The van der Waals surface area contributed by atoms with Crippen LogP contribution in [0.1, 0.15) is 57.3 Å². The van der Waals surface area contributed by atoms with Crippen LogP contribution in [0, 0.1) is 34.5 Å². The number of carbonyl (C=O) groups excluding carboxylic acids is 1. The van der Waals surface area contributed by atoms with Crippen molar-refractivity contribution in [1.82, 2.24) is 10.1 Å². The Morgan fingerprint density at radius 3 is 2.97 bits per heavy atom. The van der Waals surface area contributed by atoms with Gasteiger partial charge in [0.05, 0.1) is 28.3 Å². The van der Waals surface area contributed by atoms with E-state index in [1.165, 1.54) is 10.3 Å². The van der Waals surface area contributed by atoms with Crippen LogP contribution in [0.3, 0.4) is 0 Å². The number of benzene rings is 1. The molecule has 188 valence electrons. The van der Waals surface area contributed by atoms with E-state index in [0.29, 0.717) is 23.4 Å². The first-order valence-corrected chi connectivity index (χ1v) is 15.0. The van der Waals surface area contributed by atoms with Crippen LogP contribution in [0.4, 0.5) is 0 Å². The molecule has 3 saturated carbocycles. The van der Waals surface area contributed by atoms with Crippen molar-refractivity contribution in [3.8, 4) is 0 Å². The number of fused-ring (bicyclic) bond motifs is 7. The number of thioether (sulfide) groups is 1. The Morgan fingerprint density at radius 2 is 2.11 bits per heavy atom. The highest BCUT2D eigenvalue weighted by Gasteiger charge is 2.63. The molecule has 7 atom stereocenters. The molecule has 4 aliphatic carbocycles. The number of hydrogen-bond acceptors (Lipinski definition) is 7. The van der Waals surface area contributed by atoms with Gasteiger partial charge in [0.2, 0.25) is 0 Å². The van der Waals surface area contributed by atoms with Crippen molar-refractivity contribution in [2.45, 2.75) is 62.8 Å². The molecule has 3 fully saturated rings. The summed E-state index contributed by atoms with van der Waals surface area (Å²) in [6.45, 7) is 4.66. The van der Waals surface area contributed by atoms with Crippen molar-refractivity contribution >= 4 is 45.2 Å². The van der Waals surface area contributed by atoms with E-state index >= 15 is 0 Å². The summed E-state index contributed by atoms with van der Waals surface area (Å²) in [4.78, 5) is 18.3. The van der Waals surface area contributed by atoms with Crippen molar-refractivity contribution in [3.05, 3.63) is 47.4 Å². The Hall–Kier alpha value is -1.96. The SMILES string of the molecule is CC12Cc3cnoc3C=C1CCC1C2C(O)CC2(C)C(C(=O)CSc3nc4ccccc4s3)CCC12. The van der Waals surface area contributed by atoms with Crippen LogP contribution in [0.5, 0.6) is 0 Å². The number of Topliss-reactive ketones (excluding diaryl/α,β-unsaturated/α-hetero) is 1. The maximum atomic E-state index is 13.6. The number of hydrogen-bond donors (Lipinski definition) is 1. The van der Waals surface area contributed by atoms with Crippen molar-refractivity contribution < 1.29 is 14.4 Å². The second-order valence-corrected chi connectivity index (χ2v) is 14.2. The van der Waals surface area contributed by atoms with Gasteiger partial charge in [-0.05, 0) is 85.3 Å². The predicted octanol–water partition coefficient (Wildman–Crippen LogP) is 6.41. The number of aliphatic hydroxyl groups is 1. The van der Waals surface area contributed by atoms with Gasteiger partial charge in [-0.15, -0.1) is 11.3 Å². The quantitative estimate of drug-likeness (QED) is 0.400. The molecule has 7 heteroatoms. The van der Waals surface area contributed by atoms with Crippen LogP contribution in [-0.2, 0) is 11.2 Å². The zero-order valence-electron chi connectivity index (χ0n) is 20.8. The van der Waals surface area contributed by atoms with E-state index < -0.39 is 6.10 Å². The Kier molecular flexibility index (Phi) is 5.32. The molecule has 2 heterocycles. The summed E-state index contributed by atoms with van der Waals surface area (Å²) in [5, 5.41) is 15.8. The number of nitrogens with zero attached hydrogens (tertiary/aromatic N) is 2. The maximum Gasteiger partial charge on any atom is 0.162 e. The number of thiazole rings is 1. The van der Waals surface area contributed by atoms with Crippen LogP contribution in [0.25, 0.3) is 16.3 Å². The van der Waals surface area contributed by atoms with Gasteiger partial charge in [0.15, 0.2) is 10.1 Å². The number of aromatic nitrogens is 2. The molecule has 0 radical (unpaired) electrons. The average Bonchev–Trinajstić information content (AvgIpc) is 3.56. The van der Waals surface area contributed by atoms with Gasteiger partial charge in [-0.1, -0.05) is 48.5 Å². The second kappa shape index (κ2) is 8.27. The normalized spacial score (nSPS) is 37.1. The number of ketones is 1. The first kappa shape index (κ1) is 23.2. The fourth-order valence-corrected chi connectivity index (χ4v) is 10.7. The zero-order valence-corrected chi connectivity index (χ0v) is 22.4. The van der Waals surface area contributed by atoms with Crippen LogP contribution in [0.15, 0.2) is 44.9 Å². The van der Waals surface area contributed by atoms with Crippen molar-refractivity contribution in [2.75, 3.05) is 5.75 Å². The molecular weight excluding hydrogens is 488 g/mol. The van der Waals surface area contributed by atoms with E-state index in [2.05, 4.69) is 31.1 Å². The lowest BCUT2D eigenvalue weighted by Gasteiger charge is -2.59.